The Morgan fingerprint density at radius 3 is 2.84 bits per heavy atom. The van der Waals surface area contributed by atoms with E-state index < -0.39 is 11.7 Å². The topological polar surface area (TPSA) is 42.0 Å². The van der Waals surface area contributed by atoms with Crippen molar-refractivity contribution >= 4 is 11.7 Å². The standard InChI is InChI=1S/C15H15FN2O/c1-2-5-11-8-9-17-14(10-11)18-15(19)12-6-3-4-7-13(12)16/h3-4,6-10H,2,5H2,1H3,(H,17,18,19). The maximum Gasteiger partial charge on any atom is 0.259 e. The molecule has 1 heterocycles. The third-order valence-corrected chi connectivity index (χ3v) is 2.72. The van der Waals surface area contributed by atoms with Crippen LogP contribution < -0.4 is 5.32 Å². The zero-order valence-electron chi connectivity index (χ0n) is 10.7. The zero-order valence-corrected chi connectivity index (χ0v) is 10.7. The van der Waals surface area contributed by atoms with E-state index in [1.54, 1.807) is 18.3 Å². The molecule has 0 radical (unpaired) electrons. The van der Waals surface area contributed by atoms with Crippen molar-refractivity contribution in [2.45, 2.75) is 19.8 Å². The number of nitrogens with zero attached hydrogens (tertiary/aromatic N) is 1. The van der Waals surface area contributed by atoms with E-state index in [-0.39, 0.29) is 5.56 Å². The van der Waals surface area contributed by atoms with E-state index in [0.717, 1.165) is 18.4 Å². The Hall–Kier alpha value is -2.23. The quantitative estimate of drug-likeness (QED) is 0.913. The molecule has 0 aliphatic heterocycles. The fraction of sp³-hybridized carbons (Fsp3) is 0.200. The number of pyridine rings is 1. The molecule has 0 bridgehead atoms. The number of carbonyl (C=O) groups excluding carboxylic acids is 1. The van der Waals surface area contributed by atoms with Gasteiger partial charge < -0.3 is 5.32 Å². The Kier molecular flexibility index (Phi) is 4.23. The van der Waals surface area contributed by atoms with Crippen molar-refractivity contribution in [1.29, 1.82) is 0 Å². The number of halogens is 1. The molecule has 0 spiro atoms. The van der Waals surface area contributed by atoms with Gasteiger partial charge in [0.05, 0.1) is 5.56 Å². The third-order valence-electron chi connectivity index (χ3n) is 2.72. The van der Waals surface area contributed by atoms with Crippen LogP contribution in [0, 0.1) is 5.82 Å². The Morgan fingerprint density at radius 2 is 2.11 bits per heavy atom. The van der Waals surface area contributed by atoms with Gasteiger partial charge in [0.1, 0.15) is 11.6 Å². The SMILES string of the molecule is CCCc1ccnc(NC(=O)c2ccccc2F)c1. The molecule has 1 N–H and O–H groups in total. The van der Waals surface area contributed by atoms with Gasteiger partial charge in [-0.25, -0.2) is 9.37 Å². The first-order chi connectivity index (χ1) is 9.20. The number of benzene rings is 1. The van der Waals surface area contributed by atoms with E-state index in [9.17, 15) is 9.18 Å². The Bertz CT molecular complexity index is 584. The molecule has 1 amide bonds. The number of hydrogen-bond acceptors (Lipinski definition) is 2. The second-order valence-corrected chi connectivity index (χ2v) is 4.23. The van der Waals surface area contributed by atoms with Gasteiger partial charge in [0, 0.05) is 6.20 Å². The Labute approximate surface area is 111 Å². The lowest BCUT2D eigenvalue weighted by Gasteiger charge is -2.06. The molecule has 2 aromatic rings. The summed E-state index contributed by atoms with van der Waals surface area (Å²) in [4.78, 5) is 16.0. The number of hydrogen-bond donors (Lipinski definition) is 1. The first-order valence-electron chi connectivity index (χ1n) is 6.21. The molecule has 4 heteroatoms. The van der Waals surface area contributed by atoms with E-state index >= 15 is 0 Å². The normalized spacial score (nSPS) is 10.2. The lowest BCUT2D eigenvalue weighted by atomic mass is 10.1. The molecule has 3 nitrogen and oxygen atoms in total. The van der Waals surface area contributed by atoms with Crippen LogP contribution in [0.3, 0.4) is 0 Å². The number of rotatable bonds is 4. The number of aryl methyl sites for hydroxylation is 1. The minimum atomic E-state index is -0.537. The van der Waals surface area contributed by atoms with Gasteiger partial charge >= 0.3 is 0 Å². The van der Waals surface area contributed by atoms with Crippen LogP contribution in [0.1, 0.15) is 29.3 Å². The first kappa shape index (κ1) is 13.2. The highest BCUT2D eigenvalue weighted by molar-refractivity contribution is 6.03. The average Bonchev–Trinajstić information content (AvgIpc) is 2.40. The van der Waals surface area contributed by atoms with Crippen LogP contribution in [-0.2, 0) is 6.42 Å². The molecule has 0 aliphatic carbocycles. The maximum absolute atomic E-state index is 13.5. The van der Waals surface area contributed by atoms with Crippen molar-refractivity contribution in [2.24, 2.45) is 0 Å². The van der Waals surface area contributed by atoms with Gasteiger partial charge in [-0.15, -0.1) is 0 Å². The smallest absolute Gasteiger partial charge is 0.259 e. The molecular formula is C15H15FN2O. The van der Waals surface area contributed by atoms with E-state index in [2.05, 4.69) is 17.2 Å². The summed E-state index contributed by atoms with van der Waals surface area (Å²) in [6.07, 6.45) is 3.58. The summed E-state index contributed by atoms with van der Waals surface area (Å²) in [6, 6.07) is 9.59. The van der Waals surface area contributed by atoms with Gasteiger partial charge in [0.25, 0.3) is 5.91 Å². The number of carbonyl (C=O) groups is 1. The van der Waals surface area contributed by atoms with E-state index in [0.29, 0.717) is 5.82 Å². The Morgan fingerprint density at radius 1 is 1.32 bits per heavy atom. The maximum atomic E-state index is 13.5. The van der Waals surface area contributed by atoms with Crippen molar-refractivity contribution in [2.75, 3.05) is 5.32 Å². The van der Waals surface area contributed by atoms with Crippen molar-refractivity contribution in [3.05, 3.63) is 59.5 Å². The van der Waals surface area contributed by atoms with Crippen molar-refractivity contribution in [1.82, 2.24) is 4.98 Å². The minimum absolute atomic E-state index is 0.0187. The van der Waals surface area contributed by atoms with Crippen molar-refractivity contribution in [3.63, 3.8) is 0 Å². The van der Waals surface area contributed by atoms with Crippen molar-refractivity contribution < 1.29 is 9.18 Å². The predicted molar refractivity (Wildman–Crippen MR) is 72.6 cm³/mol. The summed E-state index contributed by atoms with van der Waals surface area (Å²) in [5.41, 5.74) is 1.12. The van der Waals surface area contributed by atoms with E-state index in [4.69, 9.17) is 0 Å². The molecule has 19 heavy (non-hydrogen) atoms. The molecular weight excluding hydrogens is 243 g/mol. The fourth-order valence-corrected chi connectivity index (χ4v) is 1.82. The van der Waals surface area contributed by atoms with Crippen LogP contribution in [0.25, 0.3) is 0 Å². The van der Waals surface area contributed by atoms with Gasteiger partial charge in [0.2, 0.25) is 0 Å². The minimum Gasteiger partial charge on any atom is -0.306 e. The summed E-state index contributed by atoms with van der Waals surface area (Å²) in [6.45, 7) is 2.08. The molecule has 1 aromatic carbocycles. The fourth-order valence-electron chi connectivity index (χ4n) is 1.82. The molecule has 0 saturated carbocycles. The lowest BCUT2D eigenvalue weighted by Crippen LogP contribution is -2.14. The largest absolute Gasteiger partial charge is 0.306 e. The molecule has 0 aliphatic rings. The molecule has 0 saturated heterocycles. The molecule has 2 rings (SSSR count). The monoisotopic (exact) mass is 258 g/mol. The van der Waals surface area contributed by atoms with Gasteiger partial charge in [-0.2, -0.15) is 0 Å². The lowest BCUT2D eigenvalue weighted by molar-refractivity contribution is 0.102. The number of amides is 1. The molecule has 98 valence electrons. The van der Waals surface area contributed by atoms with Crippen LogP contribution in [0.2, 0.25) is 0 Å². The summed E-state index contributed by atoms with van der Waals surface area (Å²) < 4.78 is 13.5. The number of anilines is 1. The highest BCUT2D eigenvalue weighted by Gasteiger charge is 2.11. The predicted octanol–water partition coefficient (Wildman–Crippen LogP) is 3.43. The van der Waals surface area contributed by atoms with E-state index in [1.165, 1.54) is 12.1 Å². The third kappa shape index (κ3) is 3.37. The Balaban J connectivity index is 2.15. The van der Waals surface area contributed by atoms with Gasteiger partial charge in [-0.05, 0) is 36.2 Å². The summed E-state index contributed by atoms with van der Waals surface area (Å²) in [7, 11) is 0. The highest BCUT2D eigenvalue weighted by atomic mass is 19.1. The van der Waals surface area contributed by atoms with Gasteiger partial charge in [-0.3, -0.25) is 4.79 Å². The molecule has 0 atom stereocenters. The molecule has 0 unspecified atom stereocenters. The summed E-state index contributed by atoms with van der Waals surface area (Å²) >= 11 is 0. The van der Waals surface area contributed by atoms with Crippen LogP contribution in [0.5, 0.6) is 0 Å². The summed E-state index contributed by atoms with van der Waals surface area (Å²) in [5.74, 6) is -0.580. The second-order valence-electron chi connectivity index (χ2n) is 4.23. The molecule has 1 aromatic heterocycles. The first-order valence-corrected chi connectivity index (χ1v) is 6.21. The second kappa shape index (κ2) is 6.09. The van der Waals surface area contributed by atoms with E-state index in [1.807, 2.05) is 12.1 Å². The highest BCUT2D eigenvalue weighted by Crippen LogP contribution is 2.12. The average molecular weight is 258 g/mol. The molecule has 0 fully saturated rings. The number of aromatic nitrogens is 1. The summed E-state index contributed by atoms with van der Waals surface area (Å²) in [5, 5.41) is 2.61. The van der Waals surface area contributed by atoms with Crippen LogP contribution >= 0.6 is 0 Å². The van der Waals surface area contributed by atoms with Crippen LogP contribution in [0.4, 0.5) is 10.2 Å². The number of nitrogens with one attached hydrogen (secondary N) is 1. The zero-order chi connectivity index (χ0) is 13.7. The van der Waals surface area contributed by atoms with Gasteiger partial charge in [-0.1, -0.05) is 25.5 Å². The van der Waals surface area contributed by atoms with Crippen LogP contribution in [-0.4, -0.2) is 10.9 Å². The van der Waals surface area contributed by atoms with Crippen LogP contribution in [0.15, 0.2) is 42.6 Å². The van der Waals surface area contributed by atoms with Gasteiger partial charge in [0.15, 0.2) is 0 Å². The van der Waals surface area contributed by atoms with Crippen molar-refractivity contribution in [3.8, 4) is 0 Å².